The molecule has 108 valence electrons. The van der Waals surface area contributed by atoms with Crippen molar-refractivity contribution < 1.29 is 0 Å². The fraction of sp³-hybridized carbons (Fsp3) is 0.368. The molecule has 0 saturated heterocycles. The van der Waals surface area contributed by atoms with Crippen LogP contribution in [0.25, 0.3) is 0 Å². The summed E-state index contributed by atoms with van der Waals surface area (Å²) in [6, 6.07) is 19.8. The molecule has 1 aliphatic heterocycles. The summed E-state index contributed by atoms with van der Waals surface area (Å²) >= 11 is 2.05. The molecule has 1 aliphatic carbocycles. The summed E-state index contributed by atoms with van der Waals surface area (Å²) in [5, 5.41) is 4.46. The zero-order valence-electron chi connectivity index (χ0n) is 12.2. The van der Waals surface area contributed by atoms with Gasteiger partial charge < -0.3 is 5.32 Å². The average molecular weight is 295 g/mol. The third-order valence-corrected chi connectivity index (χ3v) is 6.43. The molecule has 4 rings (SSSR count). The Labute approximate surface area is 131 Å². The fourth-order valence-corrected chi connectivity index (χ4v) is 5.30. The SMILES string of the molecule is c1ccc(C2Sc3ccccc3NC23CCCCC3)cc1. The second-order valence-electron chi connectivity index (χ2n) is 6.25. The van der Waals surface area contributed by atoms with Crippen LogP contribution >= 0.6 is 11.8 Å². The number of thioether (sulfide) groups is 1. The van der Waals surface area contributed by atoms with Crippen LogP contribution in [0.2, 0.25) is 0 Å². The minimum Gasteiger partial charge on any atom is -0.377 e. The van der Waals surface area contributed by atoms with E-state index >= 15 is 0 Å². The van der Waals surface area contributed by atoms with Gasteiger partial charge in [-0.3, -0.25) is 0 Å². The van der Waals surface area contributed by atoms with Gasteiger partial charge in [0.05, 0.1) is 10.8 Å². The average Bonchev–Trinajstić information content (AvgIpc) is 2.56. The van der Waals surface area contributed by atoms with Crippen molar-refractivity contribution in [2.24, 2.45) is 0 Å². The lowest BCUT2D eigenvalue weighted by molar-refractivity contribution is 0.313. The monoisotopic (exact) mass is 295 g/mol. The topological polar surface area (TPSA) is 12.0 Å². The molecule has 2 heteroatoms. The highest BCUT2D eigenvalue weighted by molar-refractivity contribution is 7.99. The zero-order valence-corrected chi connectivity index (χ0v) is 13.0. The maximum atomic E-state index is 3.94. The Bertz CT molecular complexity index is 616. The first-order valence-corrected chi connectivity index (χ1v) is 8.84. The minimum atomic E-state index is 0.235. The van der Waals surface area contributed by atoms with E-state index in [0.717, 1.165) is 0 Å². The van der Waals surface area contributed by atoms with E-state index in [4.69, 9.17) is 0 Å². The molecule has 1 heterocycles. The summed E-state index contributed by atoms with van der Waals surface area (Å²) in [6.07, 6.45) is 6.65. The van der Waals surface area contributed by atoms with Crippen LogP contribution in [0.15, 0.2) is 59.5 Å². The summed E-state index contributed by atoms with van der Waals surface area (Å²) in [7, 11) is 0. The minimum absolute atomic E-state index is 0.235. The third kappa shape index (κ3) is 2.36. The largest absolute Gasteiger partial charge is 0.377 e. The number of benzene rings is 2. The van der Waals surface area contributed by atoms with Crippen molar-refractivity contribution in [1.82, 2.24) is 0 Å². The molecule has 1 unspecified atom stereocenters. The van der Waals surface area contributed by atoms with Crippen LogP contribution in [0.4, 0.5) is 5.69 Å². The maximum Gasteiger partial charge on any atom is 0.0575 e. The first-order chi connectivity index (χ1) is 10.4. The normalized spacial score (nSPS) is 23.3. The predicted molar refractivity (Wildman–Crippen MR) is 90.9 cm³/mol. The summed E-state index contributed by atoms with van der Waals surface area (Å²) in [5.41, 5.74) is 3.03. The van der Waals surface area contributed by atoms with Crippen LogP contribution in [0, 0.1) is 0 Å². The van der Waals surface area contributed by atoms with Crippen molar-refractivity contribution in [3.8, 4) is 0 Å². The van der Waals surface area contributed by atoms with Gasteiger partial charge in [0.15, 0.2) is 0 Å². The standard InChI is InChI=1S/C19H21NS/c1-3-9-15(10-4-1)18-19(13-7-2-8-14-19)20-16-11-5-6-12-17(16)21-18/h1,3-6,9-12,18,20H,2,7-8,13-14H2. The molecule has 0 amide bonds. The summed E-state index contributed by atoms with van der Waals surface area (Å²) in [4.78, 5) is 1.39. The van der Waals surface area contributed by atoms with E-state index in [1.807, 2.05) is 0 Å². The Kier molecular flexibility index (Phi) is 3.42. The Balaban J connectivity index is 1.78. The Morgan fingerprint density at radius 3 is 2.38 bits per heavy atom. The van der Waals surface area contributed by atoms with Crippen LogP contribution in [0.5, 0.6) is 0 Å². The number of para-hydroxylation sites is 1. The quantitative estimate of drug-likeness (QED) is 0.729. The lowest BCUT2D eigenvalue weighted by Gasteiger charge is -2.48. The van der Waals surface area contributed by atoms with E-state index in [1.165, 1.54) is 48.3 Å². The molecule has 0 bridgehead atoms. The molecule has 2 aromatic carbocycles. The third-order valence-electron chi connectivity index (χ3n) is 4.87. The smallest absolute Gasteiger partial charge is 0.0575 e. The van der Waals surface area contributed by atoms with Gasteiger partial charge in [0, 0.05) is 10.6 Å². The van der Waals surface area contributed by atoms with Gasteiger partial charge in [-0.25, -0.2) is 0 Å². The van der Waals surface area contributed by atoms with Crippen LogP contribution in [0.3, 0.4) is 0 Å². The van der Waals surface area contributed by atoms with E-state index in [0.29, 0.717) is 5.25 Å². The second kappa shape index (κ2) is 5.42. The van der Waals surface area contributed by atoms with Gasteiger partial charge in [-0.15, -0.1) is 11.8 Å². The number of fused-ring (bicyclic) bond motifs is 1. The first kappa shape index (κ1) is 13.3. The molecule has 1 fully saturated rings. The van der Waals surface area contributed by atoms with Crippen molar-refractivity contribution in [1.29, 1.82) is 0 Å². The molecular weight excluding hydrogens is 274 g/mol. The van der Waals surface area contributed by atoms with Crippen molar-refractivity contribution >= 4 is 17.4 Å². The van der Waals surface area contributed by atoms with Crippen LogP contribution in [-0.4, -0.2) is 5.54 Å². The number of anilines is 1. The predicted octanol–water partition coefficient (Wildman–Crippen LogP) is 5.65. The van der Waals surface area contributed by atoms with Crippen molar-refractivity contribution in [2.45, 2.75) is 47.8 Å². The van der Waals surface area contributed by atoms with Crippen molar-refractivity contribution in [2.75, 3.05) is 5.32 Å². The van der Waals surface area contributed by atoms with Crippen LogP contribution in [-0.2, 0) is 0 Å². The molecule has 0 aromatic heterocycles. The van der Waals surface area contributed by atoms with E-state index in [-0.39, 0.29) is 5.54 Å². The number of hydrogen-bond acceptors (Lipinski definition) is 2. The molecule has 21 heavy (non-hydrogen) atoms. The van der Waals surface area contributed by atoms with Crippen LogP contribution < -0.4 is 5.32 Å². The van der Waals surface area contributed by atoms with Crippen molar-refractivity contribution in [3.63, 3.8) is 0 Å². The fourth-order valence-electron chi connectivity index (χ4n) is 3.83. The first-order valence-electron chi connectivity index (χ1n) is 7.96. The maximum absolute atomic E-state index is 3.94. The summed E-state index contributed by atoms with van der Waals surface area (Å²) in [5.74, 6) is 0. The van der Waals surface area contributed by atoms with Crippen molar-refractivity contribution in [3.05, 3.63) is 60.2 Å². The molecular formula is C19H21NS. The van der Waals surface area contributed by atoms with E-state index in [2.05, 4.69) is 71.7 Å². The lowest BCUT2D eigenvalue weighted by atomic mass is 9.76. The molecule has 0 radical (unpaired) electrons. The molecule has 1 nitrogen and oxygen atoms in total. The molecule has 2 aliphatic rings. The van der Waals surface area contributed by atoms with Gasteiger partial charge in [-0.1, -0.05) is 61.7 Å². The van der Waals surface area contributed by atoms with Crippen LogP contribution in [0.1, 0.15) is 42.9 Å². The molecule has 1 spiro atoms. The summed E-state index contributed by atoms with van der Waals surface area (Å²) in [6.45, 7) is 0. The highest BCUT2D eigenvalue weighted by Gasteiger charge is 2.44. The molecule has 1 saturated carbocycles. The zero-order chi connectivity index (χ0) is 14.1. The van der Waals surface area contributed by atoms with Gasteiger partial charge >= 0.3 is 0 Å². The number of nitrogens with one attached hydrogen (secondary N) is 1. The number of hydrogen-bond donors (Lipinski definition) is 1. The van der Waals surface area contributed by atoms with Gasteiger partial charge in [-0.2, -0.15) is 0 Å². The van der Waals surface area contributed by atoms with Gasteiger partial charge in [0.1, 0.15) is 0 Å². The summed E-state index contributed by atoms with van der Waals surface area (Å²) < 4.78 is 0. The Hall–Kier alpha value is -1.41. The van der Waals surface area contributed by atoms with Gasteiger partial charge in [0.25, 0.3) is 0 Å². The molecule has 1 N–H and O–H groups in total. The van der Waals surface area contributed by atoms with E-state index in [1.54, 1.807) is 0 Å². The second-order valence-corrected chi connectivity index (χ2v) is 7.39. The van der Waals surface area contributed by atoms with Gasteiger partial charge in [-0.05, 0) is 30.5 Å². The lowest BCUT2D eigenvalue weighted by Crippen LogP contribution is -2.46. The van der Waals surface area contributed by atoms with Gasteiger partial charge in [0.2, 0.25) is 0 Å². The highest BCUT2D eigenvalue weighted by atomic mass is 32.2. The Morgan fingerprint density at radius 1 is 0.857 bits per heavy atom. The Morgan fingerprint density at radius 2 is 1.57 bits per heavy atom. The van der Waals surface area contributed by atoms with E-state index in [9.17, 15) is 0 Å². The molecule has 2 aromatic rings. The highest BCUT2D eigenvalue weighted by Crippen LogP contribution is 2.55. The number of rotatable bonds is 1. The molecule has 1 atom stereocenters. The van der Waals surface area contributed by atoms with E-state index < -0.39 is 0 Å².